The summed E-state index contributed by atoms with van der Waals surface area (Å²) in [7, 11) is 0. The number of carbonyl (C=O) groups is 2. The Morgan fingerprint density at radius 2 is 1.71 bits per heavy atom. The maximum absolute atomic E-state index is 13.4. The van der Waals surface area contributed by atoms with E-state index in [0.717, 1.165) is 28.2 Å². The topological polar surface area (TPSA) is 81.4 Å². The molecule has 1 atom stereocenters. The molecule has 4 aromatic rings. The Kier molecular flexibility index (Phi) is 7.23. The fourth-order valence-corrected chi connectivity index (χ4v) is 4.08. The zero-order valence-corrected chi connectivity index (χ0v) is 19.2. The highest BCUT2D eigenvalue weighted by atomic mass is 16.5. The van der Waals surface area contributed by atoms with E-state index < -0.39 is 0 Å². The van der Waals surface area contributed by atoms with E-state index in [4.69, 9.17) is 10.5 Å². The number of aldehydes is 1. The molecule has 0 fully saturated rings. The summed E-state index contributed by atoms with van der Waals surface area (Å²) in [6, 6.07) is 26.7. The smallest absolute Gasteiger partial charge is 0.252 e. The second-order valence-corrected chi connectivity index (χ2v) is 8.31. The summed E-state index contributed by atoms with van der Waals surface area (Å²) in [4.78, 5) is 24.2. The molecule has 0 aromatic heterocycles. The number of nitrogens with two attached hydrogens (primary N) is 1. The molecule has 4 rings (SSSR count). The van der Waals surface area contributed by atoms with Gasteiger partial charge in [-0.25, -0.2) is 0 Å². The molecule has 5 heteroatoms. The van der Waals surface area contributed by atoms with Crippen LogP contribution in [0.4, 0.5) is 5.69 Å². The van der Waals surface area contributed by atoms with Crippen molar-refractivity contribution in [3.05, 3.63) is 102 Å². The average Bonchev–Trinajstić information content (AvgIpc) is 2.86. The van der Waals surface area contributed by atoms with Crippen LogP contribution < -0.4 is 15.8 Å². The Morgan fingerprint density at radius 3 is 2.50 bits per heavy atom. The third kappa shape index (κ3) is 5.44. The molecule has 0 aliphatic heterocycles. The number of hydrogen-bond donors (Lipinski definition) is 2. The Bertz CT molecular complexity index is 1290. The maximum atomic E-state index is 13.4. The summed E-state index contributed by atoms with van der Waals surface area (Å²) in [6.45, 7) is 1.99. The van der Waals surface area contributed by atoms with Gasteiger partial charge < -0.3 is 20.6 Å². The Morgan fingerprint density at radius 1 is 0.971 bits per heavy atom. The van der Waals surface area contributed by atoms with Crippen molar-refractivity contribution in [2.75, 3.05) is 5.73 Å². The fourth-order valence-electron chi connectivity index (χ4n) is 4.08. The lowest BCUT2D eigenvalue weighted by atomic mass is 9.98. The Labute approximate surface area is 199 Å². The SMILES string of the molecule is C[C@@H](NC(=O)c1cc(Oc2ccc(N)cc2)ccc1CCCC=O)c1cccc2ccccc12. The number of rotatable bonds is 9. The fraction of sp³-hybridized carbons (Fsp3) is 0.172. The van der Waals surface area contributed by atoms with Crippen LogP contribution in [0.25, 0.3) is 10.8 Å². The second-order valence-electron chi connectivity index (χ2n) is 8.31. The van der Waals surface area contributed by atoms with Gasteiger partial charge in [0.15, 0.2) is 0 Å². The van der Waals surface area contributed by atoms with E-state index >= 15 is 0 Å². The third-order valence-corrected chi connectivity index (χ3v) is 5.85. The van der Waals surface area contributed by atoms with Crippen LogP contribution in [0, 0.1) is 0 Å². The minimum atomic E-state index is -0.192. The molecule has 0 saturated carbocycles. The number of carbonyl (C=O) groups excluding carboxylic acids is 2. The van der Waals surface area contributed by atoms with Gasteiger partial charge >= 0.3 is 0 Å². The average molecular weight is 453 g/mol. The van der Waals surface area contributed by atoms with Crippen molar-refractivity contribution in [2.45, 2.75) is 32.2 Å². The van der Waals surface area contributed by atoms with E-state index in [0.29, 0.717) is 42.0 Å². The van der Waals surface area contributed by atoms with Crippen LogP contribution in [-0.4, -0.2) is 12.2 Å². The van der Waals surface area contributed by atoms with E-state index in [9.17, 15) is 9.59 Å². The monoisotopic (exact) mass is 452 g/mol. The predicted octanol–water partition coefficient (Wildman–Crippen LogP) is 6.23. The number of amides is 1. The Hall–Kier alpha value is -4.12. The number of aryl methyl sites for hydroxylation is 1. The quantitative estimate of drug-likeness (QED) is 0.179. The number of unbranched alkanes of at least 4 members (excludes halogenated alkanes) is 1. The molecule has 0 saturated heterocycles. The number of anilines is 1. The van der Waals surface area contributed by atoms with Gasteiger partial charge in [0, 0.05) is 17.7 Å². The summed E-state index contributed by atoms with van der Waals surface area (Å²) in [5, 5.41) is 5.40. The zero-order chi connectivity index (χ0) is 23.9. The molecule has 0 aliphatic rings. The molecule has 34 heavy (non-hydrogen) atoms. The van der Waals surface area contributed by atoms with Crippen molar-refractivity contribution in [1.82, 2.24) is 5.32 Å². The molecule has 0 unspecified atom stereocenters. The summed E-state index contributed by atoms with van der Waals surface area (Å²) in [5.41, 5.74) is 8.90. The largest absolute Gasteiger partial charge is 0.457 e. The standard InChI is InChI=1S/C29H28N2O3/c1-20(26-11-6-9-21-7-2-3-10-27(21)26)31-29(33)28-19-25(15-12-22(28)8-4-5-18-32)34-24-16-13-23(30)14-17-24/h2-3,6-7,9-20H,4-5,8,30H2,1H3,(H,31,33)/t20-/m1/s1. The van der Waals surface area contributed by atoms with E-state index in [2.05, 4.69) is 23.5 Å². The number of fused-ring (bicyclic) bond motifs is 1. The highest BCUT2D eigenvalue weighted by Crippen LogP contribution is 2.28. The molecule has 172 valence electrons. The van der Waals surface area contributed by atoms with Crippen LogP contribution in [0.3, 0.4) is 0 Å². The van der Waals surface area contributed by atoms with Gasteiger partial charge in [-0.15, -0.1) is 0 Å². The zero-order valence-electron chi connectivity index (χ0n) is 19.2. The molecular weight excluding hydrogens is 424 g/mol. The number of nitrogens with one attached hydrogen (secondary N) is 1. The van der Waals surface area contributed by atoms with Crippen molar-refractivity contribution in [2.24, 2.45) is 0 Å². The first kappa shape index (κ1) is 23.1. The molecule has 0 aliphatic carbocycles. The summed E-state index contributed by atoms with van der Waals surface area (Å²) in [6.07, 6.45) is 2.67. The van der Waals surface area contributed by atoms with E-state index in [-0.39, 0.29) is 11.9 Å². The van der Waals surface area contributed by atoms with E-state index in [1.165, 1.54) is 0 Å². The van der Waals surface area contributed by atoms with Crippen molar-refractivity contribution < 1.29 is 14.3 Å². The van der Waals surface area contributed by atoms with Crippen molar-refractivity contribution in [3.63, 3.8) is 0 Å². The highest BCUT2D eigenvalue weighted by Gasteiger charge is 2.17. The summed E-state index contributed by atoms with van der Waals surface area (Å²) >= 11 is 0. The lowest BCUT2D eigenvalue weighted by molar-refractivity contribution is -0.107. The first-order valence-corrected chi connectivity index (χ1v) is 11.4. The van der Waals surface area contributed by atoms with Gasteiger partial charge in [-0.2, -0.15) is 0 Å². The van der Waals surface area contributed by atoms with Crippen LogP contribution in [0.15, 0.2) is 84.9 Å². The predicted molar refractivity (Wildman–Crippen MR) is 136 cm³/mol. The molecule has 4 aromatic carbocycles. The van der Waals surface area contributed by atoms with Gasteiger partial charge in [0.2, 0.25) is 0 Å². The maximum Gasteiger partial charge on any atom is 0.252 e. The van der Waals surface area contributed by atoms with Gasteiger partial charge in [0.1, 0.15) is 17.8 Å². The molecule has 0 radical (unpaired) electrons. The molecular formula is C29H28N2O3. The summed E-state index contributed by atoms with van der Waals surface area (Å²) < 4.78 is 5.96. The molecule has 1 amide bonds. The third-order valence-electron chi connectivity index (χ3n) is 5.85. The first-order valence-electron chi connectivity index (χ1n) is 11.4. The van der Waals surface area contributed by atoms with Crippen molar-refractivity contribution >= 4 is 28.7 Å². The van der Waals surface area contributed by atoms with Crippen LogP contribution in [-0.2, 0) is 11.2 Å². The van der Waals surface area contributed by atoms with E-state index in [1.54, 1.807) is 30.3 Å². The minimum absolute atomic E-state index is 0.177. The van der Waals surface area contributed by atoms with Crippen molar-refractivity contribution in [1.29, 1.82) is 0 Å². The van der Waals surface area contributed by atoms with Gasteiger partial charge in [-0.05, 0) is 78.1 Å². The first-order chi connectivity index (χ1) is 16.5. The Balaban J connectivity index is 1.60. The molecule has 5 nitrogen and oxygen atoms in total. The minimum Gasteiger partial charge on any atom is -0.457 e. The van der Waals surface area contributed by atoms with Crippen LogP contribution in [0.5, 0.6) is 11.5 Å². The highest BCUT2D eigenvalue weighted by molar-refractivity contribution is 5.97. The van der Waals surface area contributed by atoms with Crippen LogP contribution in [0.1, 0.15) is 47.3 Å². The van der Waals surface area contributed by atoms with Gasteiger partial charge in [-0.3, -0.25) is 4.79 Å². The van der Waals surface area contributed by atoms with E-state index in [1.807, 2.05) is 43.3 Å². The normalized spacial score (nSPS) is 11.7. The second kappa shape index (κ2) is 10.7. The van der Waals surface area contributed by atoms with Crippen molar-refractivity contribution in [3.8, 4) is 11.5 Å². The molecule has 0 bridgehead atoms. The van der Waals surface area contributed by atoms with Gasteiger partial charge in [-0.1, -0.05) is 48.5 Å². The summed E-state index contributed by atoms with van der Waals surface area (Å²) in [5.74, 6) is 1.02. The molecule has 0 heterocycles. The van der Waals surface area contributed by atoms with Gasteiger partial charge in [0.05, 0.1) is 6.04 Å². The number of ether oxygens (including phenoxy) is 1. The van der Waals surface area contributed by atoms with Crippen LogP contribution in [0.2, 0.25) is 0 Å². The van der Waals surface area contributed by atoms with Gasteiger partial charge in [0.25, 0.3) is 5.91 Å². The molecule has 3 N–H and O–H groups in total. The van der Waals surface area contributed by atoms with Crippen LogP contribution >= 0.6 is 0 Å². The lowest BCUT2D eigenvalue weighted by Gasteiger charge is -2.19. The number of nitrogen functional groups attached to an aromatic ring is 1. The lowest BCUT2D eigenvalue weighted by Crippen LogP contribution is -2.27. The molecule has 0 spiro atoms. The number of hydrogen-bond acceptors (Lipinski definition) is 4. The number of benzene rings is 4.